The average Bonchev–Trinajstić information content (AvgIpc) is 3.99. The van der Waals surface area contributed by atoms with Crippen molar-refractivity contribution in [1.82, 2.24) is 34.6 Å². The first-order valence-electron chi connectivity index (χ1n) is 19.4. The number of fused-ring (bicyclic) bond motifs is 2. The molecule has 22 heteroatoms. The van der Waals surface area contributed by atoms with E-state index in [1.165, 1.54) is 24.5 Å². The van der Waals surface area contributed by atoms with E-state index in [-0.39, 0.29) is 16.7 Å². The van der Waals surface area contributed by atoms with Crippen molar-refractivity contribution < 1.29 is 35.1 Å². The molecule has 2 aliphatic carbocycles. The van der Waals surface area contributed by atoms with Crippen molar-refractivity contribution in [3.63, 3.8) is 0 Å². The standard InChI is InChI=1S/C21H21FN6O3S.C15H11FN2O.C6H10N4O2S/c1-28(2)18-11-24-12-19(25-18)32(30,31)27-21(29)26-20-15-5-3-4-14(15)17(22)10-16(20)13-6-8-23-9-7-13;16-14-8-13(10-4-6-18-7-5-10)15(19-9-17)12-3-1-2-11(12)14;1-10(2)5-3-8-4-6(9-5)13(7,11)12/h6-12H,3-5H2,1-2H3,(H2,26,27,29);4-8H,1-3H2;3-4H,1-2H3,(H2,7,11,12). The van der Waals surface area contributed by atoms with E-state index in [0.717, 1.165) is 42.8 Å². The molecule has 64 heavy (non-hydrogen) atoms. The molecule has 332 valence electrons. The van der Waals surface area contributed by atoms with Gasteiger partial charge in [0.15, 0.2) is 15.8 Å². The van der Waals surface area contributed by atoms with Crippen LogP contribution in [0.25, 0.3) is 22.3 Å². The summed E-state index contributed by atoms with van der Waals surface area (Å²) in [4.78, 5) is 39.3. The molecule has 4 heterocycles. The third-order valence-corrected chi connectivity index (χ3v) is 11.9. The predicted molar refractivity (Wildman–Crippen MR) is 233 cm³/mol. The Morgan fingerprint density at radius 3 is 1.70 bits per heavy atom. The van der Waals surface area contributed by atoms with Crippen molar-refractivity contribution in [1.29, 1.82) is 5.26 Å². The van der Waals surface area contributed by atoms with Gasteiger partial charge >= 0.3 is 6.03 Å². The minimum Gasteiger partial charge on any atom is -0.387 e. The van der Waals surface area contributed by atoms with Crippen molar-refractivity contribution in [3.05, 3.63) is 120 Å². The number of anilines is 3. The summed E-state index contributed by atoms with van der Waals surface area (Å²) in [6.07, 6.45) is 17.4. The zero-order chi connectivity index (χ0) is 46.2. The molecule has 18 nitrogen and oxygen atoms in total. The Morgan fingerprint density at radius 2 is 1.17 bits per heavy atom. The van der Waals surface area contributed by atoms with Crippen LogP contribution in [-0.4, -0.2) is 81.0 Å². The molecular weight excluding hydrogens is 871 g/mol. The number of sulfonamides is 2. The quantitative estimate of drug-likeness (QED) is 0.158. The summed E-state index contributed by atoms with van der Waals surface area (Å²) in [6, 6.07) is 8.78. The number of urea groups is 1. The maximum Gasteiger partial charge on any atom is 0.333 e. The number of hydrogen-bond donors (Lipinski definition) is 3. The van der Waals surface area contributed by atoms with Gasteiger partial charge in [0.2, 0.25) is 0 Å². The molecule has 2 aliphatic rings. The van der Waals surface area contributed by atoms with Crippen LogP contribution in [0.3, 0.4) is 0 Å². The van der Waals surface area contributed by atoms with Gasteiger partial charge in [-0.2, -0.15) is 8.42 Å². The molecule has 0 saturated heterocycles. The molecule has 0 spiro atoms. The summed E-state index contributed by atoms with van der Waals surface area (Å²) in [5.41, 5.74) is 5.60. The molecule has 0 radical (unpaired) electrons. The number of ether oxygens (including phenoxy) is 1. The number of hydrogen-bond acceptors (Lipinski definition) is 15. The number of pyridine rings is 2. The first-order valence-corrected chi connectivity index (χ1v) is 22.4. The second-order valence-corrected chi connectivity index (χ2v) is 17.8. The third kappa shape index (κ3) is 10.9. The topological polar surface area (TPSA) is 252 Å². The lowest BCUT2D eigenvalue weighted by Gasteiger charge is -2.17. The summed E-state index contributed by atoms with van der Waals surface area (Å²) < 4.78 is 83.0. The van der Waals surface area contributed by atoms with Gasteiger partial charge in [-0.15, -0.1) is 5.26 Å². The number of aromatic nitrogens is 6. The second kappa shape index (κ2) is 19.9. The first kappa shape index (κ1) is 46.3. The lowest BCUT2D eigenvalue weighted by atomic mass is 9.97. The SMILES string of the molecule is CN(C)c1cncc(S(=O)(=O)NC(=O)Nc2c(-c3ccncc3)cc(F)c3c2CCC3)n1.CN(C)c1cncc(S(N)(=O)=O)n1.N#COc1c(-c2ccncc2)cc(F)c2c1CCC2. The number of amides is 2. The van der Waals surface area contributed by atoms with E-state index in [9.17, 15) is 30.4 Å². The number of nitrogens with zero attached hydrogens (tertiary/aromatic N) is 9. The van der Waals surface area contributed by atoms with Crippen LogP contribution in [0.15, 0.2) is 96.0 Å². The highest BCUT2D eigenvalue weighted by Gasteiger charge is 2.27. The number of primary sulfonamides is 1. The van der Waals surface area contributed by atoms with Crippen molar-refractivity contribution >= 4 is 43.4 Å². The van der Waals surface area contributed by atoms with Crippen LogP contribution in [0.1, 0.15) is 35.1 Å². The zero-order valence-electron chi connectivity index (χ0n) is 34.9. The van der Waals surface area contributed by atoms with Crippen molar-refractivity contribution in [2.45, 2.75) is 48.6 Å². The summed E-state index contributed by atoms with van der Waals surface area (Å²) in [6.45, 7) is 0. The molecular formula is C42H42F2N12O6S2. The zero-order valence-corrected chi connectivity index (χ0v) is 36.6. The van der Waals surface area contributed by atoms with Crippen LogP contribution in [0, 0.1) is 23.2 Å². The minimum atomic E-state index is -4.28. The molecule has 2 amide bonds. The Bertz CT molecular complexity index is 2940. The molecule has 0 atom stereocenters. The van der Waals surface area contributed by atoms with Crippen molar-refractivity contribution in [3.8, 4) is 34.3 Å². The van der Waals surface area contributed by atoms with E-state index >= 15 is 0 Å². The Labute approximate surface area is 368 Å². The molecule has 0 bridgehead atoms. The Morgan fingerprint density at radius 1 is 0.703 bits per heavy atom. The minimum absolute atomic E-state index is 0.218. The van der Waals surface area contributed by atoms with Crippen LogP contribution in [-0.2, 0) is 45.7 Å². The highest BCUT2D eigenvalue weighted by atomic mass is 32.2. The van der Waals surface area contributed by atoms with Gasteiger partial charge in [-0.25, -0.2) is 41.8 Å². The average molecular weight is 913 g/mol. The molecule has 0 fully saturated rings. The molecule has 8 rings (SSSR count). The van der Waals surface area contributed by atoms with Gasteiger partial charge < -0.3 is 19.9 Å². The van der Waals surface area contributed by atoms with Crippen LogP contribution in [0.2, 0.25) is 0 Å². The number of halogens is 2. The Kier molecular flexibility index (Phi) is 14.4. The molecule has 0 unspecified atom stereocenters. The second-order valence-electron chi connectivity index (χ2n) is 14.6. The molecule has 6 aromatic rings. The number of rotatable bonds is 9. The predicted octanol–water partition coefficient (Wildman–Crippen LogP) is 5.17. The summed E-state index contributed by atoms with van der Waals surface area (Å²) in [5, 5.41) is 15.7. The fraction of sp³-hybridized carbons (Fsp3) is 0.238. The Balaban J connectivity index is 0.000000179. The molecule has 0 saturated carbocycles. The van der Waals surface area contributed by atoms with Gasteiger partial charge in [0.25, 0.3) is 26.3 Å². The smallest absolute Gasteiger partial charge is 0.333 e. The maximum absolute atomic E-state index is 14.7. The van der Waals surface area contributed by atoms with Gasteiger partial charge in [0.05, 0.1) is 30.5 Å². The molecule has 0 aliphatic heterocycles. The van der Waals surface area contributed by atoms with Crippen LogP contribution in [0.5, 0.6) is 5.75 Å². The number of benzene rings is 2. The van der Waals surface area contributed by atoms with Crippen molar-refractivity contribution in [2.24, 2.45) is 5.14 Å². The molecule has 4 N–H and O–H groups in total. The largest absolute Gasteiger partial charge is 0.387 e. The summed E-state index contributed by atoms with van der Waals surface area (Å²) in [5.74, 6) is 0.696. The number of carbonyl (C=O) groups is 1. The van der Waals surface area contributed by atoms with Gasteiger partial charge in [0, 0.05) is 69.7 Å². The van der Waals surface area contributed by atoms with Gasteiger partial charge in [-0.1, -0.05) is 0 Å². The number of nitriles is 1. The van der Waals surface area contributed by atoms with E-state index in [0.29, 0.717) is 75.7 Å². The van der Waals surface area contributed by atoms with E-state index in [2.05, 4.69) is 35.2 Å². The van der Waals surface area contributed by atoms with Crippen LogP contribution < -0.4 is 29.7 Å². The normalized spacial score (nSPS) is 12.5. The van der Waals surface area contributed by atoms with Gasteiger partial charge in [-0.3, -0.25) is 19.9 Å². The highest BCUT2D eigenvalue weighted by molar-refractivity contribution is 7.90. The first-order chi connectivity index (χ1) is 30.5. The van der Waals surface area contributed by atoms with E-state index in [1.807, 2.05) is 4.72 Å². The van der Waals surface area contributed by atoms with Gasteiger partial charge in [-0.05, 0) is 103 Å². The fourth-order valence-corrected chi connectivity index (χ4v) is 8.17. The fourth-order valence-electron chi connectivity index (χ4n) is 6.93. The van der Waals surface area contributed by atoms with Crippen LogP contribution in [0.4, 0.5) is 30.9 Å². The summed E-state index contributed by atoms with van der Waals surface area (Å²) >= 11 is 0. The Hall–Kier alpha value is -7.22. The number of carbonyl (C=O) groups excluding carboxylic acids is 1. The van der Waals surface area contributed by atoms with E-state index in [1.54, 1.807) is 93.3 Å². The third-order valence-electron chi connectivity index (χ3n) is 9.92. The van der Waals surface area contributed by atoms with E-state index in [4.69, 9.17) is 15.1 Å². The number of nitrogens with one attached hydrogen (secondary N) is 2. The van der Waals surface area contributed by atoms with E-state index < -0.39 is 31.1 Å². The molecule has 4 aromatic heterocycles. The lowest BCUT2D eigenvalue weighted by molar-refractivity contribution is 0.256. The number of nitrogens with two attached hydrogens (primary N) is 1. The monoisotopic (exact) mass is 912 g/mol. The maximum atomic E-state index is 14.7. The highest BCUT2D eigenvalue weighted by Crippen LogP contribution is 2.41. The molecule has 2 aromatic carbocycles. The van der Waals surface area contributed by atoms with Crippen LogP contribution >= 0.6 is 0 Å². The lowest BCUT2D eigenvalue weighted by Crippen LogP contribution is -2.35. The summed E-state index contributed by atoms with van der Waals surface area (Å²) in [7, 11) is -1.19. The van der Waals surface area contributed by atoms with Gasteiger partial charge in [0.1, 0.15) is 23.3 Å². The van der Waals surface area contributed by atoms with Crippen molar-refractivity contribution in [2.75, 3.05) is 43.3 Å².